The van der Waals surface area contributed by atoms with E-state index in [9.17, 15) is 9.59 Å². The maximum Gasteiger partial charge on any atom is 0.243 e. The monoisotopic (exact) mass is 408 g/mol. The van der Waals surface area contributed by atoms with E-state index in [1.54, 1.807) is 0 Å². The highest BCUT2D eigenvalue weighted by atomic mass is 16.2. The summed E-state index contributed by atoms with van der Waals surface area (Å²) >= 11 is 0. The molecule has 30 heavy (non-hydrogen) atoms. The van der Waals surface area contributed by atoms with Crippen LogP contribution in [0.3, 0.4) is 0 Å². The van der Waals surface area contributed by atoms with E-state index in [1.165, 1.54) is 11.3 Å². The average molecular weight is 409 g/mol. The number of benzene rings is 2. The number of hydrogen-bond donors (Lipinski definition) is 2. The van der Waals surface area contributed by atoms with E-state index in [4.69, 9.17) is 0 Å². The van der Waals surface area contributed by atoms with E-state index < -0.39 is 0 Å². The maximum atomic E-state index is 12.6. The first kappa shape index (κ1) is 21.8. The summed E-state index contributed by atoms with van der Waals surface area (Å²) in [5.41, 5.74) is 5.32. The summed E-state index contributed by atoms with van der Waals surface area (Å²) in [5, 5.41) is 5.69. The SMILES string of the molecule is Cc1cccc(N2CCN(C(C)C(=O)NCC(=O)Nc3c(C)cccc3C)CC2)c1. The summed E-state index contributed by atoms with van der Waals surface area (Å²) in [6.45, 7) is 11.3. The second kappa shape index (κ2) is 9.76. The molecule has 2 aromatic rings. The second-order valence-electron chi connectivity index (χ2n) is 8.07. The molecule has 2 N–H and O–H groups in total. The topological polar surface area (TPSA) is 64.7 Å². The van der Waals surface area contributed by atoms with Crippen LogP contribution in [0.1, 0.15) is 23.6 Å². The lowest BCUT2D eigenvalue weighted by molar-refractivity contribution is -0.128. The second-order valence-corrected chi connectivity index (χ2v) is 8.07. The number of anilines is 2. The molecule has 0 aromatic heterocycles. The third-order valence-corrected chi connectivity index (χ3v) is 5.78. The Morgan fingerprint density at radius 2 is 1.60 bits per heavy atom. The van der Waals surface area contributed by atoms with Crippen LogP contribution in [0.25, 0.3) is 0 Å². The van der Waals surface area contributed by atoms with Crippen LogP contribution in [0, 0.1) is 20.8 Å². The molecule has 1 unspecified atom stereocenters. The molecule has 0 bridgehead atoms. The first-order chi connectivity index (χ1) is 14.3. The molecule has 0 spiro atoms. The highest BCUT2D eigenvalue weighted by Crippen LogP contribution is 2.20. The molecule has 1 fully saturated rings. The number of nitrogens with one attached hydrogen (secondary N) is 2. The summed E-state index contributed by atoms with van der Waals surface area (Å²) in [6.07, 6.45) is 0. The smallest absolute Gasteiger partial charge is 0.243 e. The number of nitrogens with zero attached hydrogens (tertiary/aromatic N) is 2. The van der Waals surface area contributed by atoms with Crippen molar-refractivity contribution in [2.75, 3.05) is 42.9 Å². The van der Waals surface area contributed by atoms with E-state index in [2.05, 4.69) is 51.6 Å². The first-order valence-electron chi connectivity index (χ1n) is 10.5. The minimum absolute atomic E-state index is 0.0276. The lowest BCUT2D eigenvalue weighted by atomic mass is 10.1. The largest absolute Gasteiger partial charge is 0.369 e. The zero-order valence-corrected chi connectivity index (χ0v) is 18.4. The number of para-hydroxylation sites is 1. The number of hydrogen-bond acceptors (Lipinski definition) is 4. The Hall–Kier alpha value is -2.86. The van der Waals surface area contributed by atoms with Gasteiger partial charge < -0.3 is 15.5 Å². The van der Waals surface area contributed by atoms with Crippen LogP contribution < -0.4 is 15.5 Å². The van der Waals surface area contributed by atoms with Crippen molar-refractivity contribution in [1.29, 1.82) is 0 Å². The normalized spacial score (nSPS) is 15.5. The molecule has 1 aliphatic rings. The van der Waals surface area contributed by atoms with E-state index >= 15 is 0 Å². The Bertz CT molecular complexity index is 884. The Kier molecular flexibility index (Phi) is 7.11. The summed E-state index contributed by atoms with van der Waals surface area (Å²) in [5.74, 6) is -0.326. The van der Waals surface area contributed by atoms with Gasteiger partial charge in [-0.3, -0.25) is 14.5 Å². The van der Waals surface area contributed by atoms with Gasteiger partial charge >= 0.3 is 0 Å². The molecule has 2 amide bonds. The van der Waals surface area contributed by atoms with E-state index in [1.807, 2.05) is 39.0 Å². The molecular weight excluding hydrogens is 376 g/mol. The number of amides is 2. The molecule has 0 radical (unpaired) electrons. The Morgan fingerprint density at radius 1 is 0.967 bits per heavy atom. The van der Waals surface area contributed by atoms with Crippen molar-refractivity contribution in [3.63, 3.8) is 0 Å². The Balaban J connectivity index is 1.46. The van der Waals surface area contributed by atoms with Gasteiger partial charge in [0.05, 0.1) is 12.6 Å². The van der Waals surface area contributed by atoms with Gasteiger partial charge in [0, 0.05) is 37.6 Å². The molecule has 2 aromatic carbocycles. The van der Waals surface area contributed by atoms with Gasteiger partial charge in [0.25, 0.3) is 0 Å². The van der Waals surface area contributed by atoms with Gasteiger partial charge in [-0.1, -0.05) is 30.3 Å². The van der Waals surface area contributed by atoms with Crippen LogP contribution in [-0.4, -0.2) is 55.5 Å². The van der Waals surface area contributed by atoms with E-state index in [-0.39, 0.29) is 24.4 Å². The molecule has 3 rings (SSSR count). The molecule has 1 saturated heterocycles. The summed E-state index contributed by atoms with van der Waals surface area (Å²) < 4.78 is 0. The number of carbonyl (C=O) groups is 2. The fourth-order valence-corrected chi connectivity index (χ4v) is 3.87. The van der Waals surface area contributed by atoms with Crippen LogP contribution in [0.2, 0.25) is 0 Å². The van der Waals surface area contributed by atoms with Gasteiger partial charge in [-0.25, -0.2) is 0 Å². The van der Waals surface area contributed by atoms with Crippen molar-refractivity contribution in [3.8, 4) is 0 Å². The fraction of sp³-hybridized carbons (Fsp3) is 0.417. The number of carbonyl (C=O) groups excluding carboxylic acids is 2. The molecule has 1 aliphatic heterocycles. The van der Waals surface area contributed by atoms with Gasteiger partial charge in [-0.15, -0.1) is 0 Å². The summed E-state index contributed by atoms with van der Waals surface area (Å²) in [7, 11) is 0. The standard InChI is InChI=1S/C24H32N4O2/c1-17-7-5-10-21(15-17)28-13-11-27(12-14-28)20(4)24(30)25-16-22(29)26-23-18(2)8-6-9-19(23)3/h5-10,15,20H,11-14,16H2,1-4H3,(H,25,30)(H,26,29). The van der Waals surface area contributed by atoms with Crippen LogP contribution in [0.4, 0.5) is 11.4 Å². The average Bonchev–Trinajstić information content (AvgIpc) is 2.74. The van der Waals surface area contributed by atoms with Crippen LogP contribution in [0.5, 0.6) is 0 Å². The third kappa shape index (κ3) is 5.39. The van der Waals surface area contributed by atoms with Crippen molar-refractivity contribution in [3.05, 3.63) is 59.2 Å². The van der Waals surface area contributed by atoms with Gasteiger partial charge in [0.1, 0.15) is 0 Å². The molecule has 0 saturated carbocycles. The summed E-state index contributed by atoms with van der Waals surface area (Å²) in [4.78, 5) is 29.4. The molecule has 0 aliphatic carbocycles. The van der Waals surface area contributed by atoms with E-state index in [0.29, 0.717) is 0 Å². The quantitative estimate of drug-likeness (QED) is 0.772. The van der Waals surface area contributed by atoms with Gasteiger partial charge in [-0.05, 0) is 56.5 Å². The van der Waals surface area contributed by atoms with Gasteiger partial charge in [0.15, 0.2) is 0 Å². The minimum Gasteiger partial charge on any atom is -0.369 e. The van der Waals surface area contributed by atoms with Crippen molar-refractivity contribution in [2.45, 2.75) is 33.7 Å². The van der Waals surface area contributed by atoms with Crippen molar-refractivity contribution >= 4 is 23.2 Å². The number of rotatable bonds is 6. The van der Waals surface area contributed by atoms with E-state index in [0.717, 1.165) is 43.0 Å². The summed E-state index contributed by atoms with van der Waals surface area (Å²) in [6, 6.07) is 14.1. The fourth-order valence-electron chi connectivity index (χ4n) is 3.87. The molecular formula is C24H32N4O2. The maximum absolute atomic E-state index is 12.6. The predicted octanol–water partition coefficient (Wildman–Crippen LogP) is 2.88. The van der Waals surface area contributed by atoms with Crippen LogP contribution in [-0.2, 0) is 9.59 Å². The van der Waals surface area contributed by atoms with Crippen LogP contribution >= 0.6 is 0 Å². The third-order valence-electron chi connectivity index (χ3n) is 5.78. The van der Waals surface area contributed by atoms with Crippen LogP contribution in [0.15, 0.2) is 42.5 Å². The zero-order valence-electron chi connectivity index (χ0n) is 18.4. The Labute approximate surface area is 179 Å². The molecule has 6 heteroatoms. The minimum atomic E-state index is -0.266. The molecule has 160 valence electrons. The van der Waals surface area contributed by atoms with Crippen molar-refractivity contribution in [1.82, 2.24) is 10.2 Å². The molecule has 1 atom stereocenters. The lowest BCUT2D eigenvalue weighted by Crippen LogP contribution is -2.54. The molecule has 1 heterocycles. The van der Waals surface area contributed by atoms with Crippen molar-refractivity contribution < 1.29 is 9.59 Å². The van der Waals surface area contributed by atoms with Gasteiger partial charge in [0.2, 0.25) is 11.8 Å². The highest BCUT2D eigenvalue weighted by Gasteiger charge is 2.26. The number of piperazine rings is 1. The van der Waals surface area contributed by atoms with Gasteiger partial charge in [-0.2, -0.15) is 0 Å². The molecule has 6 nitrogen and oxygen atoms in total. The zero-order chi connectivity index (χ0) is 21.7. The Morgan fingerprint density at radius 3 is 2.23 bits per heavy atom. The van der Waals surface area contributed by atoms with Crippen molar-refractivity contribution in [2.24, 2.45) is 0 Å². The predicted molar refractivity (Wildman–Crippen MR) is 122 cm³/mol. The number of aryl methyl sites for hydroxylation is 3. The highest BCUT2D eigenvalue weighted by molar-refractivity contribution is 5.96. The first-order valence-corrected chi connectivity index (χ1v) is 10.5. The lowest BCUT2D eigenvalue weighted by Gasteiger charge is -2.38.